The van der Waals surface area contributed by atoms with Crippen molar-refractivity contribution in [3.8, 4) is 34.3 Å². The van der Waals surface area contributed by atoms with Crippen LogP contribution in [0, 0.1) is 19.8 Å². The fourth-order valence-corrected chi connectivity index (χ4v) is 4.28. The summed E-state index contributed by atoms with van der Waals surface area (Å²) in [5.74, 6) is 1.34. The second-order valence-electron chi connectivity index (χ2n) is 9.02. The van der Waals surface area contributed by atoms with Crippen molar-refractivity contribution in [3.05, 3.63) is 69.9 Å². The van der Waals surface area contributed by atoms with Crippen LogP contribution in [-0.4, -0.2) is 31.8 Å². The molecule has 5 rings (SSSR count). The molecule has 8 heteroatoms. The third-order valence-electron chi connectivity index (χ3n) is 6.46. The summed E-state index contributed by atoms with van der Waals surface area (Å²) in [6.45, 7) is 6.79. The van der Waals surface area contributed by atoms with Crippen LogP contribution in [0.1, 0.15) is 44.1 Å². The Bertz CT molecular complexity index is 1410. The van der Waals surface area contributed by atoms with Gasteiger partial charge in [-0.1, -0.05) is 12.1 Å². The first kappa shape index (κ1) is 22.2. The molecule has 1 saturated carbocycles. The summed E-state index contributed by atoms with van der Waals surface area (Å²) in [6.07, 6.45) is 5.93. The van der Waals surface area contributed by atoms with Gasteiger partial charge in [0.1, 0.15) is 5.69 Å². The molecule has 0 radical (unpaired) electrons. The number of nitrogens with one attached hydrogen (secondary N) is 1. The standard InChI is InChI=1S/C26H28N6O2.H2/c1-15-11-18(12-27-4)5-9-21(15)25-30-31-26(34-25)24-16(2)28-13-22(29-24)20-8-10-23(33)32(14-20)17(3)19-6-7-19;/h5,8-11,13-14,17,19,27H,6-7,12H2,1-4H3;1H. The van der Waals surface area contributed by atoms with Gasteiger partial charge in [-0.05, 0) is 69.8 Å². The number of hydrogen-bond acceptors (Lipinski definition) is 7. The van der Waals surface area contributed by atoms with Gasteiger partial charge in [0.05, 0.1) is 17.6 Å². The van der Waals surface area contributed by atoms with Crippen LogP contribution in [0.5, 0.6) is 0 Å². The van der Waals surface area contributed by atoms with Crippen molar-refractivity contribution in [1.29, 1.82) is 0 Å². The Hall–Kier alpha value is -3.65. The van der Waals surface area contributed by atoms with Gasteiger partial charge in [-0.25, -0.2) is 4.98 Å². The highest BCUT2D eigenvalue weighted by Crippen LogP contribution is 2.39. The second kappa shape index (κ2) is 8.95. The van der Waals surface area contributed by atoms with E-state index in [0.29, 0.717) is 34.8 Å². The zero-order valence-corrected chi connectivity index (χ0v) is 19.9. The number of benzene rings is 1. The number of hydrogen-bond donors (Lipinski definition) is 1. The quantitative estimate of drug-likeness (QED) is 0.433. The Balaban J connectivity index is 0.00000289. The highest BCUT2D eigenvalue weighted by molar-refractivity contribution is 5.64. The molecule has 34 heavy (non-hydrogen) atoms. The largest absolute Gasteiger partial charge is 0.415 e. The van der Waals surface area contributed by atoms with Crippen molar-refractivity contribution in [2.75, 3.05) is 7.05 Å². The van der Waals surface area contributed by atoms with Gasteiger partial charge in [0.25, 0.3) is 11.4 Å². The lowest BCUT2D eigenvalue weighted by Gasteiger charge is -2.15. The van der Waals surface area contributed by atoms with Crippen LogP contribution in [0.25, 0.3) is 34.3 Å². The smallest absolute Gasteiger partial charge is 0.268 e. The average Bonchev–Trinajstić information content (AvgIpc) is 3.57. The minimum atomic E-state index is 0. The van der Waals surface area contributed by atoms with E-state index >= 15 is 0 Å². The van der Waals surface area contributed by atoms with Gasteiger partial charge >= 0.3 is 0 Å². The van der Waals surface area contributed by atoms with Crippen LogP contribution in [0.15, 0.2) is 51.9 Å². The molecule has 4 aromatic rings. The minimum absolute atomic E-state index is 0. The Morgan fingerprint density at radius 1 is 1.18 bits per heavy atom. The van der Waals surface area contributed by atoms with Gasteiger partial charge in [-0.15, -0.1) is 10.2 Å². The first-order valence-electron chi connectivity index (χ1n) is 11.6. The highest BCUT2D eigenvalue weighted by atomic mass is 16.4. The van der Waals surface area contributed by atoms with Gasteiger partial charge < -0.3 is 14.3 Å². The molecule has 1 N–H and O–H groups in total. The summed E-state index contributed by atoms with van der Waals surface area (Å²) < 4.78 is 7.84. The predicted molar refractivity (Wildman–Crippen MR) is 132 cm³/mol. The maximum Gasteiger partial charge on any atom is 0.268 e. The lowest BCUT2D eigenvalue weighted by atomic mass is 10.1. The maximum absolute atomic E-state index is 12.4. The van der Waals surface area contributed by atoms with Crippen molar-refractivity contribution in [2.24, 2.45) is 5.92 Å². The number of rotatable bonds is 7. The lowest BCUT2D eigenvalue weighted by Crippen LogP contribution is -2.23. The molecular weight excluding hydrogens is 428 g/mol. The van der Waals surface area contributed by atoms with E-state index in [9.17, 15) is 4.79 Å². The van der Waals surface area contributed by atoms with Gasteiger partial charge in [-0.2, -0.15) is 0 Å². The molecule has 0 spiro atoms. The van der Waals surface area contributed by atoms with E-state index in [2.05, 4.69) is 33.5 Å². The molecule has 0 amide bonds. The van der Waals surface area contributed by atoms with Crippen LogP contribution in [0.3, 0.4) is 0 Å². The van der Waals surface area contributed by atoms with E-state index in [-0.39, 0.29) is 13.0 Å². The molecule has 8 nitrogen and oxygen atoms in total. The van der Waals surface area contributed by atoms with Gasteiger partial charge in [-0.3, -0.25) is 9.78 Å². The average molecular weight is 459 g/mol. The number of pyridine rings is 1. The second-order valence-corrected chi connectivity index (χ2v) is 9.02. The van der Waals surface area contributed by atoms with Crippen molar-refractivity contribution < 1.29 is 5.84 Å². The van der Waals surface area contributed by atoms with Gasteiger partial charge in [0.15, 0.2) is 0 Å². The van der Waals surface area contributed by atoms with E-state index in [1.165, 1.54) is 18.4 Å². The molecule has 3 aromatic heterocycles. The number of aryl methyl sites for hydroxylation is 2. The molecule has 0 aliphatic heterocycles. The summed E-state index contributed by atoms with van der Waals surface area (Å²) >= 11 is 0. The fourth-order valence-electron chi connectivity index (χ4n) is 4.28. The monoisotopic (exact) mass is 458 g/mol. The maximum atomic E-state index is 12.4. The third-order valence-corrected chi connectivity index (χ3v) is 6.46. The van der Waals surface area contributed by atoms with Crippen molar-refractivity contribution in [1.82, 2.24) is 30.0 Å². The molecule has 0 saturated heterocycles. The first-order chi connectivity index (χ1) is 16.4. The van der Waals surface area contributed by atoms with Crippen LogP contribution < -0.4 is 10.9 Å². The molecule has 1 aromatic carbocycles. The Morgan fingerprint density at radius 3 is 2.71 bits per heavy atom. The Morgan fingerprint density at radius 2 is 1.97 bits per heavy atom. The van der Waals surface area contributed by atoms with Crippen LogP contribution in [-0.2, 0) is 6.54 Å². The Kier molecular flexibility index (Phi) is 5.83. The van der Waals surface area contributed by atoms with Crippen molar-refractivity contribution in [3.63, 3.8) is 0 Å². The molecule has 3 heterocycles. The summed E-state index contributed by atoms with van der Waals surface area (Å²) in [5, 5.41) is 11.7. The van der Waals surface area contributed by atoms with Crippen LogP contribution in [0.2, 0.25) is 0 Å². The molecular formula is C26H30N6O2. The molecule has 1 atom stereocenters. The van der Waals surface area contributed by atoms with Crippen LogP contribution in [0.4, 0.5) is 0 Å². The summed E-state index contributed by atoms with van der Waals surface area (Å²) in [7, 11) is 1.92. The van der Waals surface area contributed by atoms with Crippen molar-refractivity contribution in [2.45, 2.75) is 46.2 Å². The number of nitrogens with zero attached hydrogens (tertiary/aromatic N) is 5. The summed E-state index contributed by atoms with van der Waals surface area (Å²) in [6, 6.07) is 9.72. The van der Waals surface area contributed by atoms with Gasteiger partial charge in [0.2, 0.25) is 5.89 Å². The fraction of sp³-hybridized carbons (Fsp3) is 0.346. The lowest BCUT2D eigenvalue weighted by molar-refractivity contribution is 0.472. The van der Waals surface area contributed by atoms with E-state index in [4.69, 9.17) is 9.40 Å². The zero-order valence-electron chi connectivity index (χ0n) is 19.9. The minimum Gasteiger partial charge on any atom is -0.415 e. The summed E-state index contributed by atoms with van der Waals surface area (Å²) in [4.78, 5) is 21.7. The molecule has 0 bridgehead atoms. The SMILES string of the molecule is CNCc1ccc(-c2nnc(-c3nc(-c4ccc(=O)n(C(C)C5CC5)c4)cnc3C)o2)c(C)c1.[HH]. The van der Waals surface area contributed by atoms with E-state index in [1.54, 1.807) is 22.9 Å². The van der Waals surface area contributed by atoms with E-state index in [0.717, 1.165) is 23.2 Å². The van der Waals surface area contributed by atoms with Crippen LogP contribution >= 0.6 is 0 Å². The zero-order chi connectivity index (χ0) is 23.8. The molecule has 1 aliphatic carbocycles. The van der Waals surface area contributed by atoms with E-state index < -0.39 is 0 Å². The molecule has 1 fully saturated rings. The molecule has 176 valence electrons. The predicted octanol–water partition coefficient (Wildman–Crippen LogP) is 4.58. The van der Waals surface area contributed by atoms with E-state index in [1.807, 2.05) is 39.2 Å². The third kappa shape index (κ3) is 4.28. The van der Waals surface area contributed by atoms with Crippen molar-refractivity contribution >= 4 is 0 Å². The molecule has 1 aliphatic rings. The highest BCUT2D eigenvalue weighted by Gasteiger charge is 2.29. The van der Waals surface area contributed by atoms with Gasteiger partial charge in [0, 0.05) is 37.4 Å². The number of aromatic nitrogens is 5. The topological polar surface area (TPSA) is 98.7 Å². The normalized spacial score (nSPS) is 14.4. The first-order valence-corrected chi connectivity index (χ1v) is 11.6. The molecule has 1 unspecified atom stereocenters. The Labute approximate surface area is 199 Å². The summed E-state index contributed by atoms with van der Waals surface area (Å²) in [5.41, 5.74) is 5.86.